The molecule has 134 valence electrons. The molecule has 0 spiro atoms. The standard InChI is InChI=1S/C19H17N7O/c1-13(14-7-9-16(10-8-14)15-5-3-2-4-6-15)21-19(27)17-11-18(23-22-17)26-12-20-24-25-26/h2-13H,1H3,(H,21,27)(H,22,23). The molecule has 0 fully saturated rings. The van der Waals surface area contributed by atoms with Crippen molar-refractivity contribution in [3.05, 3.63) is 78.2 Å². The van der Waals surface area contributed by atoms with E-state index in [-0.39, 0.29) is 11.9 Å². The lowest BCUT2D eigenvalue weighted by Gasteiger charge is -2.14. The average molecular weight is 359 g/mol. The van der Waals surface area contributed by atoms with Gasteiger partial charge in [0, 0.05) is 6.07 Å². The van der Waals surface area contributed by atoms with Crippen LogP contribution in [-0.4, -0.2) is 36.3 Å². The predicted octanol–water partition coefficient (Wildman–Crippen LogP) is 2.54. The van der Waals surface area contributed by atoms with Gasteiger partial charge in [-0.25, -0.2) is 0 Å². The minimum atomic E-state index is -0.249. The Kier molecular flexibility index (Phi) is 4.44. The van der Waals surface area contributed by atoms with E-state index >= 15 is 0 Å². The zero-order chi connectivity index (χ0) is 18.6. The summed E-state index contributed by atoms with van der Waals surface area (Å²) >= 11 is 0. The van der Waals surface area contributed by atoms with E-state index < -0.39 is 0 Å². The molecule has 27 heavy (non-hydrogen) atoms. The Labute approximate surface area is 155 Å². The molecular formula is C19H17N7O. The predicted molar refractivity (Wildman–Crippen MR) is 99.1 cm³/mol. The largest absolute Gasteiger partial charge is 0.344 e. The van der Waals surface area contributed by atoms with Crippen LogP contribution in [-0.2, 0) is 0 Å². The van der Waals surface area contributed by atoms with Crippen LogP contribution in [0.5, 0.6) is 0 Å². The summed E-state index contributed by atoms with van der Waals surface area (Å²) in [5.74, 6) is 0.200. The monoisotopic (exact) mass is 359 g/mol. The lowest BCUT2D eigenvalue weighted by atomic mass is 10.0. The fraction of sp³-hybridized carbons (Fsp3) is 0.105. The molecule has 1 amide bonds. The zero-order valence-electron chi connectivity index (χ0n) is 14.6. The minimum Gasteiger partial charge on any atom is -0.344 e. The Balaban J connectivity index is 1.44. The number of aromatic amines is 1. The highest BCUT2D eigenvalue weighted by Gasteiger charge is 2.15. The maximum Gasteiger partial charge on any atom is 0.269 e. The van der Waals surface area contributed by atoms with Crippen molar-refractivity contribution in [3.8, 4) is 16.9 Å². The molecule has 2 N–H and O–H groups in total. The fourth-order valence-electron chi connectivity index (χ4n) is 2.76. The van der Waals surface area contributed by atoms with Gasteiger partial charge < -0.3 is 5.32 Å². The van der Waals surface area contributed by atoms with Crippen LogP contribution in [0.1, 0.15) is 29.0 Å². The normalized spacial score (nSPS) is 11.9. The van der Waals surface area contributed by atoms with Crippen LogP contribution >= 0.6 is 0 Å². The highest BCUT2D eigenvalue weighted by Crippen LogP contribution is 2.22. The van der Waals surface area contributed by atoms with Gasteiger partial charge in [-0.05, 0) is 34.0 Å². The van der Waals surface area contributed by atoms with Crippen molar-refractivity contribution in [1.82, 2.24) is 35.7 Å². The summed E-state index contributed by atoms with van der Waals surface area (Å²) in [6.07, 6.45) is 1.41. The minimum absolute atomic E-state index is 0.151. The van der Waals surface area contributed by atoms with Gasteiger partial charge in [0.05, 0.1) is 6.04 Å². The number of H-pyrrole nitrogens is 1. The van der Waals surface area contributed by atoms with Gasteiger partial charge in [-0.2, -0.15) is 9.78 Å². The summed E-state index contributed by atoms with van der Waals surface area (Å²) in [6, 6.07) is 19.8. The van der Waals surface area contributed by atoms with E-state index in [0.717, 1.165) is 16.7 Å². The Bertz CT molecular complexity index is 1020. The summed E-state index contributed by atoms with van der Waals surface area (Å²) in [5.41, 5.74) is 3.65. The van der Waals surface area contributed by atoms with Crippen LogP contribution < -0.4 is 5.32 Å². The summed E-state index contributed by atoms with van der Waals surface area (Å²) < 4.78 is 1.37. The van der Waals surface area contributed by atoms with E-state index in [2.05, 4.69) is 55.3 Å². The number of amides is 1. The van der Waals surface area contributed by atoms with Gasteiger partial charge in [-0.1, -0.05) is 54.6 Å². The van der Waals surface area contributed by atoms with Crippen molar-refractivity contribution < 1.29 is 4.79 Å². The number of benzene rings is 2. The first-order valence-corrected chi connectivity index (χ1v) is 8.46. The third kappa shape index (κ3) is 3.59. The van der Waals surface area contributed by atoms with Gasteiger partial charge >= 0.3 is 0 Å². The first-order valence-electron chi connectivity index (χ1n) is 8.46. The van der Waals surface area contributed by atoms with Crippen LogP contribution in [0.4, 0.5) is 0 Å². The average Bonchev–Trinajstić information content (AvgIpc) is 3.40. The number of aromatic nitrogens is 6. The molecule has 0 aliphatic heterocycles. The molecule has 4 aromatic rings. The molecule has 4 rings (SSSR count). The van der Waals surface area contributed by atoms with E-state index in [9.17, 15) is 4.79 Å². The van der Waals surface area contributed by atoms with Crippen molar-refractivity contribution in [1.29, 1.82) is 0 Å². The highest BCUT2D eigenvalue weighted by atomic mass is 16.2. The SMILES string of the molecule is CC(NC(=O)c1cc(-n2cnnn2)n[nH]1)c1ccc(-c2ccccc2)cc1. The number of rotatable bonds is 5. The molecule has 2 heterocycles. The number of nitrogens with zero attached hydrogens (tertiary/aromatic N) is 5. The second-order valence-corrected chi connectivity index (χ2v) is 6.08. The second-order valence-electron chi connectivity index (χ2n) is 6.08. The number of hydrogen-bond donors (Lipinski definition) is 2. The molecule has 0 saturated heterocycles. The summed E-state index contributed by atoms with van der Waals surface area (Å²) in [4.78, 5) is 12.5. The van der Waals surface area contributed by atoms with Crippen molar-refractivity contribution >= 4 is 5.91 Å². The first-order chi connectivity index (χ1) is 13.2. The summed E-state index contributed by atoms with van der Waals surface area (Å²) in [6.45, 7) is 1.94. The molecule has 1 atom stereocenters. The number of carbonyl (C=O) groups excluding carboxylic acids is 1. The summed E-state index contributed by atoms with van der Waals surface area (Å²) in [7, 11) is 0. The first kappa shape index (κ1) is 16.6. The molecule has 8 heteroatoms. The van der Waals surface area contributed by atoms with Crippen LogP contribution in [0.3, 0.4) is 0 Å². The van der Waals surface area contributed by atoms with E-state index in [4.69, 9.17) is 0 Å². The third-order valence-corrected chi connectivity index (χ3v) is 4.26. The number of carbonyl (C=O) groups is 1. The van der Waals surface area contributed by atoms with Gasteiger partial charge in [-0.15, -0.1) is 5.10 Å². The topological polar surface area (TPSA) is 101 Å². The molecular weight excluding hydrogens is 342 g/mol. The van der Waals surface area contributed by atoms with Crippen LogP contribution in [0.2, 0.25) is 0 Å². The van der Waals surface area contributed by atoms with Crippen molar-refractivity contribution in [2.45, 2.75) is 13.0 Å². The Hall–Kier alpha value is -3.81. The molecule has 0 bridgehead atoms. The smallest absolute Gasteiger partial charge is 0.269 e. The maximum absolute atomic E-state index is 12.5. The number of tetrazole rings is 1. The van der Waals surface area contributed by atoms with E-state index in [1.54, 1.807) is 6.07 Å². The van der Waals surface area contributed by atoms with Gasteiger partial charge in [-0.3, -0.25) is 9.89 Å². The highest BCUT2D eigenvalue weighted by molar-refractivity contribution is 5.92. The molecule has 8 nitrogen and oxygen atoms in total. The van der Waals surface area contributed by atoms with Crippen molar-refractivity contribution in [2.24, 2.45) is 0 Å². The van der Waals surface area contributed by atoms with Crippen LogP contribution in [0.25, 0.3) is 16.9 Å². The lowest BCUT2D eigenvalue weighted by molar-refractivity contribution is 0.0935. The zero-order valence-corrected chi connectivity index (χ0v) is 14.6. The van der Waals surface area contributed by atoms with E-state index in [1.165, 1.54) is 11.0 Å². The van der Waals surface area contributed by atoms with E-state index in [1.807, 2.05) is 37.3 Å². The second kappa shape index (κ2) is 7.20. The number of hydrogen-bond acceptors (Lipinski definition) is 5. The van der Waals surface area contributed by atoms with Gasteiger partial charge in [0.25, 0.3) is 5.91 Å². The van der Waals surface area contributed by atoms with Crippen molar-refractivity contribution in [3.63, 3.8) is 0 Å². The fourth-order valence-corrected chi connectivity index (χ4v) is 2.76. The van der Waals surface area contributed by atoms with E-state index in [0.29, 0.717) is 11.5 Å². The lowest BCUT2D eigenvalue weighted by Crippen LogP contribution is -2.26. The molecule has 0 saturated carbocycles. The summed E-state index contributed by atoms with van der Waals surface area (Å²) in [5, 5.41) is 20.5. The Morgan fingerprint density at radius 3 is 2.52 bits per heavy atom. The molecule has 0 aliphatic rings. The van der Waals surface area contributed by atoms with Crippen LogP contribution in [0.15, 0.2) is 67.0 Å². The Morgan fingerprint density at radius 2 is 1.81 bits per heavy atom. The molecule has 0 radical (unpaired) electrons. The van der Waals surface area contributed by atoms with Gasteiger partial charge in [0.2, 0.25) is 0 Å². The molecule has 0 aliphatic carbocycles. The maximum atomic E-state index is 12.5. The molecule has 1 unspecified atom stereocenters. The quantitative estimate of drug-likeness (QED) is 0.570. The van der Waals surface area contributed by atoms with Crippen molar-refractivity contribution in [2.75, 3.05) is 0 Å². The van der Waals surface area contributed by atoms with Gasteiger partial charge in [0.15, 0.2) is 5.82 Å². The third-order valence-electron chi connectivity index (χ3n) is 4.26. The molecule has 2 aromatic carbocycles. The molecule has 2 aromatic heterocycles. The number of nitrogens with one attached hydrogen (secondary N) is 2. The Morgan fingerprint density at radius 1 is 1.07 bits per heavy atom. The van der Waals surface area contributed by atoms with Crippen LogP contribution in [0, 0.1) is 0 Å². The van der Waals surface area contributed by atoms with Gasteiger partial charge in [0.1, 0.15) is 12.0 Å².